The van der Waals surface area contributed by atoms with Gasteiger partial charge in [-0.2, -0.15) is 0 Å². The first-order valence-electron chi connectivity index (χ1n) is 5.85. The predicted molar refractivity (Wildman–Crippen MR) is 65.9 cm³/mol. The molecule has 0 spiro atoms. The fraction of sp³-hybridized carbons (Fsp3) is 0.500. The molecule has 3 heteroatoms. The summed E-state index contributed by atoms with van der Waals surface area (Å²) in [6, 6.07) is 3.65. The maximum absolute atomic E-state index is 12.2. The molecule has 0 radical (unpaired) electrons. The Kier molecular flexibility index (Phi) is 3.09. The molecule has 1 aliphatic carbocycles. The molecule has 2 atom stereocenters. The van der Waals surface area contributed by atoms with Gasteiger partial charge in [-0.3, -0.25) is 4.79 Å². The van der Waals surface area contributed by atoms with Gasteiger partial charge in [-0.15, -0.1) is 0 Å². The highest BCUT2D eigenvalue weighted by Gasteiger charge is 2.40. The molecule has 1 aromatic rings. The van der Waals surface area contributed by atoms with Gasteiger partial charge in [0.15, 0.2) is 17.3 Å². The van der Waals surface area contributed by atoms with E-state index in [0.717, 1.165) is 17.5 Å². The Bertz CT molecular complexity index is 451. The summed E-state index contributed by atoms with van der Waals surface area (Å²) < 4.78 is 10.4. The third-order valence-electron chi connectivity index (χ3n) is 3.44. The summed E-state index contributed by atoms with van der Waals surface area (Å²) in [5, 5.41) is 0. The summed E-state index contributed by atoms with van der Waals surface area (Å²) in [6.07, 6.45) is 1.01. The molecule has 17 heavy (non-hydrogen) atoms. The summed E-state index contributed by atoms with van der Waals surface area (Å²) in [5.41, 5.74) is 1.71. The second-order valence-electron chi connectivity index (χ2n) is 4.71. The summed E-state index contributed by atoms with van der Waals surface area (Å²) >= 11 is 0. The number of ketones is 1. The van der Waals surface area contributed by atoms with Gasteiger partial charge in [-0.25, -0.2) is 0 Å². The van der Waals surface area contributed by atoms with Crippen molar-refractivity contribution in [2.24, 2.45) is 11.8 Å². The molecule has 1 fully saturated rings. The van der Waals surface area contributed by atoms with Crippen LogP contribution in [0, 0.1) is 18.8 Å². The van der Waals surface area contributed by atoms with Gasteiger partial charge in [0.25, 0.3) is 0 Å². The van der Waals surface area contributed by atoms with Gasteiger partial charge in [0.05, 0.1) is 14.2 Å². The van der Waals surface area contributed by atoms with Crippen LogP contribution in [-0.2, 0) is 0 Å². The van der Waals surface area contributed by atoms with Gasteiger partial charge in [0.1, 0.15) is 0 Å². The van der Waals surface area contributed by atoms with E-state index in [2.05, 4.69) is 6.92 Å². The quantitative estimate of drug-likeness (QED) is 0.751. The van der Waals surface area contributed by atoms with Crippen LogP contribution in [0.25, 0.3) is 0 Å². The molecule has 3 nitrogen and oxygen atoms in total. The number of methoxy groups -OCH3 is 2. The second-order valence-corrected chi connectivity index (χ2v) is 4.71. The SMILES string of the molecule is COc1cc(C)c(C(=O)C2CC2C)cc1OC. The Hall–Kier alpha value is -1.51. The summed E-state index contributed by atoms with van der Waals surface area (Å²) in [6.45, 7) is 4.04. The molecule has 0 amide bonds. The number of carbonyl (C=O) groups excluding carboxylic acids is 1. The Labute approximate surface area is 102 Å². The lowest BCUT2D eigenvalue weighted by Crippen LogP contribution is -2.06. The van der Waals surface area contributed by atoms with Gasteiger partial charge in [0.2, 0.25) is 0 Å². The minimum atomic E-state index is 0.201. The van der Waals surface area contributed by atoms with Gasteiger partial charge in [-0.1, -0.05) is 6.92 Å². The van der Waals surface area contributed by atoms with E-state index in [9.17, 15) is 4.79 Å². The largest absolute Gasteiger partial charge is 0.493 e. The molecular weight excluding hydrogens is 216 g/mol. The van der Waals surface area contributed by atoms with Gasteiger partial charge >= 0.3 is 0 Å². The van der Waals surface area contributed by atoms with Crippen molar-refractivity contribution in [1.82, 2.24) is 0 Å². The van der Waals surface area contributed by atoms with Crippen LogP contribution in [0.1, 0.15) is 29.3 Å². The smallest absolute Gasteiger partial charge is 0.166 e. The number of carbonyl (C=O) groups is 1. The molecule has 0 aliphatic heterocycles. The van der Waals surface area contributed by atoms with Crippen molar-refractivity contribution in [2.45, 2.75) is 20.3 Å². The van der Waals surface area contributed by atoms with E-state index in [4.69, 9.17) is 9.47 Å². The van der Waals surface area contributed by atoms with Crippen LogP contribution in [-0.4, -0.2) is 20.0 Å². The number of Topliss-reactive ketones (excluding diaryl/α,β-unsaturated/α-hetero) is 1. The van der Waals surface area contributed by atoms with E-state index in [-0.39, 0.29) is 11.7 Å². The van der Waals surface area contributed by atoms with E-state index in [0.29, 0.717) is 17.4 Å². The fourth-order valence-electron chi connectivity index (χ4n) is 2.13. The molecule has 2 rings (SSSR count). The first-order chi connectivity index (χ1) is 8.08. The fourth-order valence-corrected chi connectivity index (χ4v) is 2.13. The average molecular weight is 234 g/mol. The molecule has 0 heterocycles. The third kappa shape index (κ3) is 2.14. The third-order valence-corrected chi connectivity index (χ3v) is 3.44. The zero-order valence-electron chi connectivity index (χ0n) is 10.7. The van der Waals surface area contributed by atoms with Crippen molar-refractivity contribution < 1.29 is 14.3 Å². The van der Waals surface area contributed by atoms with Gasteiger partial charge < -0.3 is 9.47 Å². The highest BCUT2D eigenvalue weighted by molar-refractivity contribution is 6.01. The van der Waals surface area contributed by atoms with Crippen molar-refractivity contribution in [2.75, 3.05) is 14.2 Å². The lowest BCUT2D eigenvalue weighted by molar-refractivity contribution is 0.0961. The van der Waals surface area contributed by atoms with Crippen molar-refractivity contribution in [3.8, 4) is 11.5 Å². The summed E-state index contributed by atoms with van der Waals surface area (Å²) in [7, 11) is 3.18. The molecule has 1 aliphatic rings. The van der Waals surface area contributed by atoms with E-state index >= 15 is 0 Å². The lowest BCUT2D eigenvalue weighted by atomic mass is 10.00. The topological polar surface area (TPSA) is 35.5 Å². The van der Waals surface area contributed by atoms with Crippen LogP contribution in [0.2, 0.25) is 0 Å². The van der Waals surface area contributed by atoms with Crippen LogP contribution in [0.3, 0.4) is 0 Å². The van der Waals surface area contributed by atoms with Crippen molar-refractivity contribution >= 4 is 5.78 Å². The van der Waals surface area contributed by atoms with E-state index in [1.165, 1.54) is 0 Å². The van der Waals surface area contributed by atoms with E-state index in [1.807, 2.05) is 13.0 Å². The molecule has 1 saturated carbocycles. The van der Waals surface area contributed by atoms with Crippen LogP contribution >= 0.6 is 0 Å². The number of hydrogen-bond acceptors (Lipinski definition) is 3. The van der Waals surface area contributed by atoms with Crippen LogP contribution in [0.5, 0.6) is 11.5 Å². The zero-order chi connectivity index (χ0) is 12.6. The molecule has 0 bridgehead atoms. The molecule has 0 N–H and O–H groups in total. The van der Waals surface area contributed by atoms with Crippen LogP contribution in [0.4, 0.5) is 0 Å². The first kappa shape index (κ1) is 12.0. The van der Waals surface area contributed by atoms with Crippen LogP contribution < -0.4 is 9.47 Å². The van der Waals surface area contributed by atoms with Gasteiger partial charge in [0, 0.05) is 11.5 Å². The number of rotatable bonds is 4. The van der Waals surface area contributed by atoms with E-state index < -0.39 is 0 Å². The molecule has 0 aromatic heterocycles. The minimum absolute atomic E-state index is 0.201. The number of aryl methyl sites for hydroxylation is 1. The number of benzene rings is 1. The molecule has 1 aromatic carbocycles. The second kappa shape index (κ2) is 4.40. The average Bonchev–Trinajstić information content (AvgIpc) is 3.05. The molecular formula is C14H18O3. The minimum Gasteiger partial charge on any atom is -0.493 e. The molecule has 2 unspecified atom stereocenters. The van der Waals surface area contributed by atoms with Crippen LogP contribution in [0.15, 0.2) is 12.1 Å². The number of ether oxygens (including phenoxy) is 2. The van der Waals surface area contributed by atoms with Crippen molar-refractivity contribution in [1.29, 1.82) is 0 Å². The summed E-state index contributed by atoms with van der Waals surface area (Å²) in [5.74, 6) is 2.25. The lowest BCUT2D eigenvalue weighted by Gasteiger charge is -2.12. The maximum atomic E-state index is 12.2. The predicted octanol–water partition coefficient (Wildman–Crippen LogP) is 2.85. The Morgan fingerprint density at radius 1 is 1.24 bits per heavy atom. The standard InChI is InChI=1S/C14H18O3/c1-8-5-10(8)14(15)11-7-13(17-4)12(16-3)6-9(11)2/h6-8,10H,5H2,1-4H3. The zero-order valence-corrected chi connectivity index (χ0v) is 10.7. The Morgan fingerprint density at radius 2 is 1.76 bits per heavy atom. The highest BCUT2D eigenvalue weighted by atomic mass is 16.5. The Balaban J connectivity index is 2.37. The number of hydrogen-bond donors (Lipinski definition) is 0. The highest BCUT2D eigenvalue weighted by Crippen LogP contribution is 2.42. The molecule has 0 saturated heterocycles. The Morgan fingerprint density at radius 3 is 2.24 bits per heavy atom. The van der Waals surface area contributed by atoms with Crippen molar-refractivity contribution in [3.05, 3.63) is 23.3 Å². The monoisotopic (exact) mass is 234 g/mol. The normalized spacial score (nSPS) is 22.1. The summed E-state index contributed by atoms with van der Waals surface area (Å²) in [4.78, 5) is 12.2. The first-order valence-corrected chi connectivity index (χ1v) is 5.85. The van der Waals surface area contributed by atoms with Gasteiger partial charge in [-0.05, 0) is 37.0 Å². The maximum Gasteiger partial charge on any atom is 0.166 e. The van der Waals surface area contributed by atoms with E-state index in [1.54, 1.807) is 20.3 Å². The molecule has 92 valence electrons. The van der Waals surface area contributed by atoms with Crippen molar-refractivity contribution in [3.63, 3.8) is 0 Å².